The monoisotopic (exact) mass is 420 g/mol. The number of imidazole rings is 1. The van der Waals surface area contributed by atoms with Crippen LogP contribution in [-0.4, -0.2) is 47.1 Å². The second kappa shape index (κ2) is 6.95. The van der Waals surface area contributed by atoms with Gasteiger partial charge in [0.25, 0.3) is 0 Å². The van der Waals surface area contributed by atoms with Crippen molar-refractivity contribution in [3.8, 4) is 22.8 Å². The molecule has 2 aliphatic rings. The molecule has 0 spiro atoms. The van der Waals surface area contributed by atoms with Gasteiger partial charge in [0.1, 0.15) is 17.6 Å². The van der Waals surface area contributed by atoms with Crippen LogP contribution < -0.4 is 5.32 Å². The summed E-state index contributed by atoms with van der Waals surface area (Å²) in [5.41, 5.74) is 1.72. The number of hydrogen-bond acceptors (Lipinski definition) is 6. The normalized spacial score (nSPS) is 29.8. The van der Waals surface area contributed by atoms with Gasteiger partial charge in [-0.15, -0.1) is 10.2 Å². The van der Waals surface area contributed by atoms with E-state index in [1.165, 1.54) is 0 Å². The molecule has 3 aromatic rings. The third-order valence-electron chi connectivity index (χ3n) is 6.78. The van der Waals surface area contributed by atoms with Crippen LogP contribution in [0.5, 0.6) is 5.75 Å². The lowest BCUT2D eigenvalue weighted by molar-refractivity contribution is 0.0770. The van der Waals surface area contributed by atoms with Crippen LogP contribution in [0.4, 0.5) is 4.39 Å². The predicted octanol–water partition coefficient (Wildman–Crippen LogP) is 3.70. The third kappa shape index (κ3) is 3.31. The van der Waals surface area contributed by atoms with Crippen molar-refractivity contribution in [1.29, 1.82) is 0 Å². The van der Waals surface area contributed by atoms with Crippen LogP contribution >= 0.6 is 0 Å². The van der Waals surface area contributed by atoms with Gasteiger partial charge in [-0.2, -0.15) is 0 Å². The van der Waals surface area contributed by atoms with Crippen molar-refractivity contribution in [2.75, 3.05) is 0 Å². The largest absolute Gasteiger partial charge is 0.507 e. The minimum absolute atomic E-state index is 0.0409. The standard InChI is InChI=1S/C23H25FN6O/c1-14(17-11-22(2)6-7-23(3,29-22)20(17)24)18-12-26-21(28-27-18)16-5-4-15(10-19(16)31)30-9-8-25-13-30/h4-5,8-10,12-13,17,20,29,31H,1,6-7,11H2,2-3H3/t17?,20-,22-,23+/m1/s1. The first-order chi connectivity index (χ1) is 14.8. The predicted molar refractivity (Wildman–Crippen MR) is 115 cm³/mol. The fourth-order valence-electron chi connectivity index (χ4n) is 5.06. The molecule has 2 aliphatic heterocycles. The summed E-state index contributed by atoms with van der Waals surface area (Å²) in [4.78, 5) is 8.39. The molecular weight excluding hydrogens is 395 g/mol. The van der Waals surface area contributed by atoms with E-state index >= 15 is 4.39 Å². The number of aromatic hydroxyl groups is 1. The number of halogens is 1. The second-order valence-electron chi connectivity index (χ2n) is 9.18. The Morgan fingerprint density at radius 2 is 2.13 bits per heavy atom. The number of aromatic nitrogens is 5. The molecule has 2 fully saturated rings. The molecule has 1 unspecified atom stereocenters. The first-order valence-electron chi connectivity index (χ1n) is 10.4. The number of nitrogens with zero attached hydrogens (tertiary/aromatic N) is 5. The van der Waals surface area contributed by atoms with Crippen molar-refractivity contribution in [2.45, 2.75) is 50.4 Å². The summed E-state index contributed by atoms with van der Waals surface area (Å²) in [5.74, 6) is 0.00933. The molecule has 7 nitrogen and oxygen atoms in total. The van der Waals surface area contributed by atoms with Crippen molar-refractivity contribution in [2.24, 2.45) is 5.92 Å². The van der Waals surface area contributed by atoms with E-state index in [4.69, 9.17) is 0 Å². The summed E-state index contributed by atoms with van der Waals surface area (Å²) < 4.78 is 17.1. The molecule has 0 amide bonds. The van der Waals surface area contributed by atoms with Crippen molar-refractivity contribution in [3.05, 3.63) is 55.4 Å². The number of piperidine rings is 1. The molecule has 31 heavy (non-hydrogen) atoms. The Labute approximate surface area is 180 Å². The molecule has 1 aromatic carbocycles. The average molecular weight is 420 g/mol. The van der Waals surface area contributed by atoms with Crippen LogP contribution in [0.25, 0.3) is 22.6 Å². The molecule has 2 N–H and O–H groups in total. The van der Waals surface area contributed by atoms with Gasteiger partial charge >= 0.3 is 0 Å². The number of hydrogen-bond donors (Lipinski definition) is 2. The van der Waals surface area contributed by atoms with Crippen LogP contribution in [0.2, 0.25) is 0 Å². The van der Waals surface area contributed by atoms with Gasteiger partial charge in [-0.1, -0.05) is 6.58 Å². The number of phenolic OH excluding ortho intramolecular Hbond substituents is 1. The highest BCUT2D eigenvalue weighted by Gasteiger charge is 2.55. The maximum atomic E-state index is 15.3. The highest BCUT2D eigenvalue weighted by atomic mass is 19.1. The summed E-state index contributed by atoms with van der Waals surface area (Å²) >= 11 is 0. The lowest BCUT2D eigenvalue weighted by atomic mass is 9.75. The molecule has 160 valence electrons. The number of phenols is 1. The molecule has 4 atom stereocenters. The molecular formula is C23H25FN6O. The Morgan fingerprint density at radius 1 is 1.29 bits per heavy atom. The van der Waals surface area contributed by atoms with Gasteiger partial charge in [0.2, 0.25) is 0 Å². The number of benzene rings is 1. The van der Waals surface area contributed by atoms with Crippen molar-refractivity contribution >= 4 is 5.57 Å². The van der Waals surface area contributed by atoms with Crippen molar-refractivity contribution < 1.29 is 9.50 Å². The molecule has 0 aliphatic carbocycles. The Balaban J connectivity index is 1.39. The van der Waals surface area contributed by atoms with E-state index in [2.05, 4.69) is 39.0 Å². The van der Waals surface area contributed by atoms with E-state index in [1.54, 1.807) is 41.6 Å². The lowest BCUT2D eigenvalue weighted by Gasteiger charge is -2.45. The number of allylic oxidation sites excluding steroid dienone is 1. The Kier molecular flexibility index (Phi) is 4.44. The smallest absolute Gasteiger partial charge is 0.185 e. The number of alkyl halides is 1. The molecule has 2 saturated heterocycles. The van der Waals surface area contributed by atoms with E-state index in [-0.39, 0.29) is 17.2 Å². The second-order valence-corrected chi connectivity index (χ2v) is 9.18. The Hall–Kier alpha value is -3.13. The molecule has 2 aromatic heterocycles. The highest BCUT2D eigenvalue weighted by molar-refractivity contribution is 5.67. The van der Waals surface area contributed by atoms with E-state index < -0.39 is 11.7 Å². The molecule has 5 rings (SSSR count). The zero-order valence-electron chi connectivity index (χ0n) is 17.6. The van der Waals surface area contributed by atoms with E-state index in [1.807, 2.05) is 13.0 Å². The van der Waals surface area contributed by atoms with Crippen molar-refractivity contribution in [3.63, 3.8) is 0 Å². The van der Waals surface area contributed by atoms with Crippen LogP contribution in [0.3, 0.4) is 0 Å². The fourth-order valence-corrected chi connectivity index (χ4v) is 5.06. The van der Waals surface area contributed by atoms with Gasteiger partial charge < -0.3 is 15.0 Å². The summed E-state index contributed by atoms with van der Waals surface area (Å²) in [6, 6.07) is 5.19. The Morgan fingerprint density at radius 3 is 2.81 bits per heavy atom. The average Bonchev–Trinajstić information content (AvgIpc) is 3.38. The quantitative estimate of drug-likeness (QED) is 0.669. The summed E-state index contributed by atoms with van der Waals surface area (Å²) in [6.07, 6.45) is 8.06. The van der Waals surface area contributed by atoms with Crippen LogP contribution in [0, 0.1) is 5.92 Å². The summed E-state index contributed by atoms with van der Waals surface area (Å²) in [7, 11) is 0. The van der Waals surface area contributed by atoms with Gasteiger partial charge in [0.05, 0.1) is 23.8 Å². The number of rotatable bonds is 4. The topological polar surface area (TPSA) is 88.8 Å². The maximum Gasteiger partial charge on any atom is 0.185 e. The zero-order chi connectivity index (χ0) is 21.8. The van der Waals surface area contributed by atoms with Crippen LogP contribution in [-0.2, 0) is 0 Å². The number of nitrogens with one attached hydrogen (secondary N) is 1. The van der Waals surface area contributed by atoms with Gasteiger partial charge in [-0.3, -0.25) is 0 Å². The summed E-state index contributed by atoms with van der Waals surface area (Å²) in [6.45, 7) is 8.25. The molecule has 0 radical (unpaired) electrons. The SMILES string of the molecule is C=C(c1cnc(-c2ccc(-n3ccnc3)cc2O)nn1)C1C[C@@]2(C)CC[C@](C)(N2)[C@@H]1F. The minimum Gasteiger partial charge on any atom is -0.507 e. The number of fused-ring (bicyclic) bond motifs is 2. The van der Waals surface area contributed by atoms with Gasteiger partial charge in [-0.05, 0) is 50.8 Å². The third-order valence-corrected chi connectivity index (χ3v) is 6.78. The molecule has 4 heterocycles. The van der Waals surface area contributed by atoms with E-state index in [0.29, 0.717) is 29.1 Å². The van der Waals surface area contributed by atoms with Gasteiger partial charge in [0.15, 0.2) is 5.82 Å². The molecule has 8 heteroatoms. The minimum atomic E-state index is -1.04. The van der Waals surface area contributed by atoms with E-state index in [0.717, 1.165) is 18.5 Å². The van der Waals surface area contributed by atoms with Gasteiger partial charge in [-0.25, -0.2) is 14.4 Å². The van der Waals surface area contributed by atoms with Crippen LogP contribution in [0.15, 0.2) is 49.7 Å². The van der Waals surface area contributed by atoms with Crippen molar-refractivity contribution in [1.82, 2.24) is 30.0 Å². The van der Waals surface area contributed by atoms with E-state index in [9.17, 15) is 5.11 Å². The zero-order valence-corrected chi connectivity index (χ0v) is 17.6. The van der Waals surface area contributed by atoms with Crippen LogP contribution in [0.1, 0.15) is 38.8 Å². The Bertz CT molecular complexity index is 1130. The first kappa shape index (κ1) is 19.8. The highest BCUT2D eigenvalue weighted by Crippen LogP contribution is 2.49. The fraction of sp³-hybridized carbons (Fsp3) is 0.391. The maximum absolute atomic E-state index is 15.3. The first-order valence-corrected chi connectivity index (χ1v) is 10.4. The molecule has 0 saturated carbocycles. The summed E-state index contributed by atoms with van der Waals surface area (Å²) in [5, 5.41) is 22.4. The molecule has 2 bridgehead atoms. The lowest BCUT2D eigenvalue weighted by Crippen LogP contribution is -2.60. The van der Waals surface area contributed by atoms with Gasteiger partial charge in [0, 0.05) is 35.5 Å².